The van der Waals surface area contributed by atoms with E-state index in [9.17, 15) is 13.2 Å². The van der Waals surface area contributed by atoms with Crippen LogP contribution >= 0.6 is 23.2 Å². The molecule has 1 aromatic rings. The minimum Gasteiger partial charge on any atom is -0.295 e. The molecule has 1 aliphatic heterocycles. The van der Waals surface area contributed by atoms with Crippen LogP contribution in [0.2, 0.25) is 10.0 Å². The molecule has 2 fully saturated rings. The van der Waals surface area contributed by atoms with Crippen molar-refractivity contribution in [2.45, 2.75) is 70.3 Å². The van der Waals surface area contributed by atoms with Crippen LogP contribution in [-0.4, -0.2) is 60.9 Å². The predicted octanol–water partition coefficient (Wildman–Crippen LogP) is 5.41. The maximum atomic E-state index is 13.0. The second-order valence-corrected chi connectivity index (χ2v) is 11.8. The summed E-state index contributed by atoms with van der Waals surface area (Å²) >= 11 is 12.2. The molecule has 8 heteroatoms. The number of rotatable bonds is 8. The third-order valence-electron chi connectivity index (χ3n) is 6.85. The highest BCUT2D eigenvalue weighted by Crippen LogP contribution is 2.38. The van der Waals surface area contributed by atoms with Crippen LogP contribution in [0.4, 0.5) is 0 Å². The van der Waals surface area contributed by atoms with Crippen LogP contribution in [0.3, 0.4) is 0 Å². The van der Waals surface area contributed by atoms with E-state index in [1.165, 1.54) is 12.8 Å². The van der Waals surface area contributed by atoms with Gasteiger partial charge in [-0.3, -0.25) is 9.69 Å². The molecule has 0 spiro atoms. The Bertz CT molecular complexity index is 860. The molecule has 5 nitrogen and oxygen atoms in total. The summed E-state index contributed by atoms with van der Waals surface area (Å²) in [4.78, 5) is 15.4. The average molecular weight is 490 g/mol. The Labute approximate surface area is 197 Å². The van der Waals surface area contributed by atoms with E-state index in [-0.39, 0.29) is 17.1 Å². The van der Waals surface area contributed by atoms with E-state index in [4.69, 9.17) is 23.2 Å². The van der Waals surface area contributed by atoms with E-state index in [1.54, 1.807) is 22.5 Å². The molecule has 1 saturated heterocycles. The number of halogens is 2. The number of hydrogen-bond donors (Lipinski definition) is 0. The highest BCUT2D eigenvalue weighted by Gasteiger charge is 2.40. The zero-order valence-electron chi connectivity index (χ0n) is 18.4. The molecular weight excluding hydrogens is 455 g/mol. The SMILES string of the molecule is CCCS(=O)(=O)N1CCN(C2(CCC(=O)c3ccc(Cl)cc3Cl)CCCCCC2)CC1. The van der Waals surface area contributed by atoms with Gasteiger partial charge in [-0.25, -0.2) is 8.42 Å². The predicted molar refractivity (Wildman–Crippen MR) is 128 cm³/mol. The van der Waals surface area contributed by atoms with E-state index in [2.05, 4.69) is 4.90 Å². The van der Waals surface area contributed by atoms with Gasteiger partial charge in [-0.15, -0.1) is 0 Å². The third-order valence-corrected chi connectivity index (χ3v) is 9.47. The lowest BCUT2D eigenvalue weighted by atomic mass is 9.82. The lowest BCUT2D eigenvalue weighted by molar-refractivity contribution is 0.0320. The maximum absolute atomic E-state index is 13.0. The van der Waals surface area contributed by atoms with Crippen molar-refractivity contribution in [3.05, 3.63) is 33.8 Å². The number of benzene rings is 1. The van der Waals surface area contributed by atoms with Crippen LogP contribution in [0, 0.1) is 0 Å². The Hall–Kier alpha value is -0.660. The first-order valence-corrected chi connectivity index (χ1v) is 13.8. The number of carbonyl (C=O) groups is 1. The topological polar surface area (TPSA) is 57.7 Å². The van der Waals surface area contributed by atoms with Gasteiger partial charge in [0, 0.05) is 48.7 Å². The number of Topliss-reactive ketones (excluding diaryl/α,β-unsaturated/α-hetero) is 1. The number of ketones is 1. The number of piperazine rings is 1. The minimum atomic E-state index is -3.16. The quantitative estimate of drug-likeness (QED) is 0.362. The Kier molecular flexibility index (Phi) is 8.84. The van der Waals surface area contributed by atoms with Gasteiger partial charge in [0.15, 0.2) is 5.78 Å². The summed E-state index contributed by atoms with van der Waals surface area (Å²) in [5.41, 5.74) is 0.497. The largest absolute Gasteiger partial charge is 0.295 e. The standard InChI is InChI=1S/C23H34Cl2N2O3S/c1-2-17-31(29,30)27-15-13-26(14-16-27)23(10-5-3-4-6-11-23)12-9-22(28)20-8-7-19(24)18-21(20)25/h7-8,18H,2-6,9-17H2,1H3. The van der Waals surface area contributed by atoms with Crippen LogP contribution in [0.25, 0.3) is 0 Å². The van der Waals surface area contributed by atoms with Crippen LogP contribution in [-0.2, 0) is 10.0 Å². The Balaban J connectivity index is 1.70. The number of nitrogens with zero attached hydrogens (tertiary/aromatic N) is 2. The molecule has 0 amide bonds. The fourth-order valence-electron chi connectivity index (χ4n) is 5.14. The van der Waals surface area contributed by atoms with Crippen molar-refractivity contribution >= 4 is 39.0 Å². The minimum absolute atomic E-state index is 0.0360. The van der Waals surface area contributed by atoms with Gasteiger partial charge in [-0.05, 0) is 43.9 Å². The van der Waals surface area contributed by atoms with Gasteiger partial charge in [-0.1, -0.05) is 55.8 Å². The summed E-state index contributed by atoms with van der Waals surface area (Å²) in [5, 5.41) is 0.930. The molecule has 0 N–H and O–H groups in total. The molecule has 1 aliphatic carbocycles. The van der Waals surface area contributed by atoms with Crippen LogP contribution in [0.5, 0.6) is 0 Å². The first-order valence-electron chi connectivity index (χ1n) is 11.5. The summed E-state index contributed by atoms with van der Waals surface area (Å²) in [5.74, 6) is 0.267. The summed E-state index contributed by atoms with van der Waals surface area (Å²) < 4.78 is 26.6. The molecule has 1 saturated carbocycles. The van der Waals surface area contributed by atoms with Gasteiger partial charge in [0.1, 0.15) is 0 Å². The van der Waals surface area contributed by atoms with Crippen LogP contribution in [0.1, 0.15) is 75.1 Å². The molecule has 3 rings (SSSR count). The Morgan fingerprint density at radius 2 is 1.68 bits per heavy atom. The van der Waals surface area contributed by atoms with Crippen LogP contribution < -0.4 is 0 Å². The number of hydrogen-bond acceptors (Lipinski definition) is 4. The Morgan fingerprint density at radius 1 is 1.03 bits per heavy atom. The summed E-state index contributed by atoms with van der Waals surface area (Å²) in [7, 11) is -3.16. The molecule has 1 aromatic carbocycles. The fraction of sp³-hybridized carbons (Fsp3) is 0.696. The summed E-state index contributed by atoms with van der Waals surface area (Å²) in [6.45, 7) is 4.46. The lowest BCUT2D eigenvalue weighted by Gasteiger charge is -2.48. The zero-order valence-corrected chi connectivity index (χ0v) is 20.7. The zero-order chi connectivity index (χ0) is 22.5. The molecule has 1 heterocycles. The van der Waals surface area contributed by atoms with Gasteiger partial charge in [0.05, 0.1) is 10.8 Å². The summed E-state index contributed by atoms with van der Waals surface area (Å²) in [6.07, 6.45) is 8.76. The van der Waals surface area contributed by atoms with Gasteiger partial charge >= 0.3 is 0 Å². The third kappa shape index (κ3) is 6.23. The number of carbonyl (C=O) groups excluding carboxylic acids is 1. The smallest absolute Gasteiger partial charge is 0.214 e. The molecule has 0 bridgehead atoms. The van der Waals surface area contributed by atoms with Gasteiger partial charge in [0.2, 0.25) is 10.0 Å². The van der Waals surface area contributed by atoms with E-state index < -0.39 is 10.0 Å². The molecule has 174 valence electrons. The van der Waals surface area contributed by atoms with Crippen LogP contribution in [0.15, 0.2) is 18.2 Å². The molecule has 0 atom stereocenters. The van der Waals surface area contributed by atoms with Crippen molar-refractivity contribution in [3.63, 3.8) is 0 Å². The molecule has 31 heavy (non-hydrogen) atoms. The molecule has 0 unspecified atom stereocenters. The van der Waals surface area contributed by atoms with Crippen molar-refractivity contribution < 1.29 is 13.2 Å². The molecular formula is C23H34Cl2N2O3S. The van der Waals surface area contributed by atoms with Gasteiger partial charge in [-0.2, -0.15) is 4.31 Å². The highest BCUT2D eigenvalue weighted by molar-refractivity contribution is 7.89. The first kappa shape index (κ1) is 25.0. The number of sulfonamides is 1. The van der Waals surface area contributed by atoms with E-state index in [0.717, 1.165) is 45.2 Å². The molecule has 2 aliphatic rings. The van der Waals surface area contributed by atoms with Crippen molar-refractivity contribution in [3.8, 4) is 0 Å². The van der Waals surface area contributed by atoms with Crippen molar-refractivity contribution in [2.75, 3.05) is 31.9 Å². The average Bonchev–Trinajstić information content (AvgIpc) is 2.99. The van der Waals surface area contributed by atoms with E-state index in [0.29, 0.717) is 41.5 Å². The maximum Gasteiger partial charge on any atom is 0.214 e. The highest BCUT2D eigenvalue weighted by atomic mass is 35.5. The molecule has 0 radical (unpaired) electrons. The van der Waals surface area contributed by atoms with Crippen molar-refractivity contribution in [1.29, 1.82) is 0 Å². The Morgan fingerprint density at radius 3 is 2.26 bits per heavy atom. The fourth-order valence-corrected chi connectivity index (χ4v) is 7.14. The summed E-state index contributed by atoms with van der Waals surface area (Å²) in [6, 6.07) is 5.04. The molecule has 0 aromatic heterocycles. The van der Waals surface area contributed by atoms with E-state index in [1.807, 2.05) is 6.92 Å². The normalized spacial score (nSPS) is 21.0. The van der Waals surface area contributed by atoms with Gasteiger partial charge < -0.3 is 0 Å². The van der Waals surface area contributed by atoms with Crippen molar-refractivity contribution in [2.24, 2.45) is 0 Å². The monoisotopic (exact) mass is 488 g/mol. The van der Waals surface area contributed by atoms with Gasteiger partial charge in [0.25, 0.3) is 0 Å². The first-order chi connectivity index (χ1) is 14.8. The second kappa shape index (κ2) is 11.0. The second-order valence-electron chi connectivity index (χ2n) is 8.89. The van der Waals surface area contributed by atoms with E-state index >= 15 is 0 Å². The van der Waals surface area contributed by atoms with Crippen molar-refractivity contribution in [1.82, 2.24) is 9.21 Å². The lowest BCUT2D eigenvalue weighted by Crippen LogP contribution is -2.58.